The maximum atomic E-state index is 2.44. The number of hydrogen-bond donors (Lipinski definition) is 0. The molecule has 1 aromatic heterocycles. The number of benzene rings is 12. The first-order valence-corrected chi connectivity index (χ1v) is 22.8. The first kappa shape index (κ1) is 37.8. The third-order valence-electron chi connectivity index (χ3n) is 13.5. The summed E-state index contributed by atoms with van der Waals surface area (Å²) >= 11 is 0. The Balaban J connectivity index is 1.05. The van der Waals surface area contributed by atoms with Crippen molar-refractivity contribution < 1.29 is 0 Å². The zero-order valence-electron chi connectivity index (χ0n) is 36.1. The number of fused-ring (bicyclic) bond motifs is 9. The molecule has 66 heavy (non-hydrogen) atoms. The van der Waals surface area contributed by atoms with Crippen LogP contribution in [0.15, 0.2) is 255 Å². The molecule has 0 N–H and O–H groups in total. The molecule has 2 nitrogen and oxygen atoms in total. The van der Waals surface area contributed by atoms with Crippen LogP contribution in [-0.2, 0) is 0 Å². The van der Waals surface area contributed by atoms with Crippen molar-refractivity contribution in [1.82, 2.24) is 4.57 Å². The zero-order valence-corrected chi connectivity index (χ0v) is 36.1. The molecule has 308 valence electrons. The maximum absolute atomic E-state index is 2.44. The molecule has 0 unspecified atom stereocenters. The number of rotatable bonds is 7. The first-order chi connectivity index (χ1) is 32.8. The Morgan fingerprint density at radius 3 is 1.53 bits per heavy atom. The largest absolute Gasteiger partial charge is 0.310 e. The highest BCUT2D eigenvalue weighted by atomic mass is 15.1. The first-order valence-electron chi connectivity index (χ1n) is 22.8. The predicted molar refractivity (Wildman–Crippen MR) is 282 cm³/mol. The summed E-state index contributed by atoms with van der Waals surface area (Å²) in [4.78, 5) is 2.44. The second kappa shape index (κ2) is 15.5. The van der Waals surface area contributed by atoms with E-state index in [0.29, 0.717) is 0 Å². The molecule has 1 heterocycles. The molecule has 0 atom stereocenters. The van der Waals surface area contributed by atoms with E-state index in [2.05, 4.69) is 264 Å². The highest BCUT2D eigenvalue weighted by Crippen LogP contribution is 2.48. The van der Waals surface area contributed by atoms with Crippen LogP contribution < -0.4 is 4.90 Å². The second-order valence-electron chi connectivity index (χ2n) is 17.2. The van der Waals surface area contributed by atoms with E-state index in [9.17, 15) is 0 Å². The summed E-state index contributed by atoms with van der Waals surface area (Å²) in [7, 11) is 0. The molecule has 0 spiro atoms. The quantitative estimate of drug-likeness (QED) is 0.145. The van der Waals surface area contributed by atoms with Gasteiger partial charge in [-0.1, -0.05) is 200 Å². The van der Waals surface area contributed by atoms with Gasteiger partial charge in [-0.25, -0.2) is 0 Å². The minimum atomic E-state index is 1.08. The summed E-state index contributed by atoms with van der Waals surface area (Å²) in [6.07, 6.45) is 0. The van der Waals surface area contributed by atoms with Gasteiger partial charge in [-0.3, -0.25) is 0 Å². The molecule has 12 aromatic carbocycles. The van der Waals surface area contributed by atoms with Gasteiger partial charge in [0.1, 0.15) is 0 Å². The Labute approximate surface area is 383 Å². The third-order valence-corrected chi connectivity index (χ3v) is 13.5. The lowest BCUT2D eigenvalue weighted by Crippen LogP contribution is -2.10. The van der Waals surface area contributed by atoms with Gasteiger partial charge in [0.05, 0.1) is 11.0 Å². The molecule has 0 radical (unpaired) electrons. The van der Waals surface area contributed by atoms with Crippen LogP contribution in [0.3, 0.4) is 0 Å². The van der Waals surface area contributed by atoms with Crippen molar-refractivity contribution in [2.24, 2.45) is 0 Å². The van der Waals surface area contributed by atoms with Crippen molar-refractivity contribution in [1.29, 1.82) is 0 Å². The fraction of sp³-hybridized carbons (Fsp3) is 0. The summed E-state index contributed by atoms with van der Waals surface area (Å²) in [5, 5.41) is 12.4. The minimum Gasteiger partial charge on any atom is -0.310 e. The van der Waals surface area contributed by atoms with Gasteiger partial charge in [0.2, 0.25) is 0 Å². The van der Waals surface area contributed by atoms with Crippen LogP contribution in [0.5, 0.6) is 0 Å². The van der Waals surface area contributed by atoms with Crippen LogP contribution in [0.1, 0.15) is 0 Å². The van der Waals surface area contributed by atoms with Crippen LogP contribution in [0.25, 0.3) is 104 Å². The van der Waals surface area contributed by atoms with E-state index >= 15 is 0 Å². The Morgan fingerprint density at radius 2 is 0.788 bits per heavy atom. The van der Waals surface area contributed by atoms with Gasteiger partial charge in [0, 0.05) is 39.1 Å². The predicted octanol–water partition coefficient (Wildman–Crippen LogP) is 17.9. The third kappa shape index (κ3) is 6.11. The van der Waals surface area contributed by atoms with E-state index in [0.717, 1.165) is 28.3 Å². The highest BCUT2D eigenvalue weighted by Gasteiger charge is 2.22. The lowest BCUT2D eigenvalue weighted by Gasteiger charge is -2.27. The molecule has 0 amide bonds. The Hall–Kier alpha value is -8.72. The lowest BCUT2D eigenvalue weighted by molar-refractivity contribution is 1.18. The van der Waals surface area contributed by atoms with E-state index in [1.54, 1.807) is 0 Å². The van der Waals surface area contributed by atoms with Gasteiger partial charge in [0.25, 0.3) is 0 Å². The van der Waals surface area contributed by atoms with Crippen molar-refractivity contribution >= 4 is 82.0 Å². The van der Waals surface area contributed by atoms with Crippen LogP contribution in [0.4, 0.5) is 17.1 Å². The van der Waals surface area contributed by atoms with Gasteiger partial charge >= 0.3 is 0 Å². The topological polar surface area (TPSA) is 8.17 Å². The second-order valence-corrected chi connectivity index (χ2v) is 17.2. The Bertz CT molecular complexity index is 3960. The minimum absolute atomic E-state index is 1.08. The van der Waals surface area contributed by atoms with Crippen molar-refractivity contribution in [3.63, 3.8) is 0 Å². The highest BCUT2D eigenvalue weighted by molar-refractivity contribution is 6.22. The summed E-state index contributed by atoms with van der Waals surface area (Å²) in [5.41, 5.74) is 14.1. The number of aromatic nitrogens is 1. The number of para-hydroxylation sites is 3. The Morgan fingerprint density at radius 1 is 0.273 bits per heavy atom. The van der Waals surface area contributed by atoms with E-state index in [1.807, 2.05) is 0 Å². The smallest absolute Gasteiger partial charge is 0.0619 e. The maximum Gasteiger partial charge on any atom is 0.0619 e. The zero-order chi connectivity index (χ0) is 43.6. The molecule has 0 bridgehead atoms. The lowest BCUT2D eigenvalue weighted by atomic mass is 9.85. The molecule has 13 aromatic rings. The van der Waals surface area contributed by atoms with Gasteiger partial charge in [-0.2, -0.15) is 0 Å². The van der Waals surface area contributed by atoms with Gasteiger partial charge in [0.15, 0.2) is 0 Å². The van der Waals surface area contributed by atoms with Crippen LogP contribution in [0.2, 0.25) is 0 Å². The molecule has 0 saturated carbocycles. The monoisotopic (exact) mass is 838 g/mol. The molecule has 0 aliphatic carbocycles. The summed E-state index contributed by atoms with van der Waals surface area (Å²) in [6.45, 7) is 0. The van der Waals surface area contributed by atoms with E-state index in [1.165, 1.54) is 92.7 Å². The standard InChI is InChI=1S/C64H42N2/c1-4-18-45(19-5-1)62-58-27-13-12-25-55(58)56-40-38-51(42-60(56)63(62)46-20-6-2-7-21-46)65(50-37-39-53-47(41-50)32-31-43-17-10-11-24-52(43)53)49-35-33-44(34-36-49)54-28-16-29-59-57-26-14-15-30-61(57)66(64(54)59)48-22-8-3-9-23-48/h1-42H. The summed E-state index contributed by atoms with van der Waals surface area (Å²) in [6, 6.07) is 93.3. The van der Waals surface area contributed by atoms with Gasteiger partial charge < -0.3 is 9.47 Å². The van der Waals surface area contributed by atoms with E-state index < -0.39 is 0 Å². The van der Waals surface area contributed by atoms with Crippen molar-refractivity contribution in [2.45, 2.75) is 0 Å². The SMILES string of the molecule is c1ccc(-c2c(-c3ccccc3)c3cc(N(c4ccc(-c5cccc6c7ccccc7n(-c7ccccc7)c56)cc4)c4ccc5c(ccc6ccccc65)c4)ccc3c3ccccc23)cc1. The molecule has 0 aliphatic heterocycles. The van der Waals surface area contributed by atoms with Gasteiger partial charge in [-0.15, -0.1) is 0 Å². The molecule has 0 aliphatic rings. The number of hydrogen-bond acceptors (Lipinski definition) is 1. The molecule has 0 fully saturated rings. The number of nitrogens with zero attached hydrogens (tertiary/aromatic N) is 2. The molecule has 2 heteroatoms. The van der Waals surface area contributed by atoms with Crippen molar-refractivity contribution in [3.8, 4) is 39.1 Å². The van der Waals surface area contributed by atoms with Crippen LogP contribution in [-0.4, -0.2) is 4.57 Å². The summed E-state index contributed by atoms with van der Waals surface area (Å²) in [5.74, 6) is 0. The average Bonchev–Trinajstić information content (AvgIpc) is 3.74. The van der Waals surface area contributed by atoms with Crippen molar-refractivity contribution in [3.05, 3.63) is 255 Å². The van der Waals surface area contributed by atoms with Crippen molar-refractivity contribution in [2.75, 3.05) is 4.90 Å². The Kier molecular flexibility index (Phi) is 8.89. The fourth-order valence-corrected chi connectivity index (χ4v) is 10.6. The molecular weight excluding hydrogens is 797 g/mol. The molecule has 13 rings (SSSR count). The van der Waals surface area contributed by atoms with E-state index in [-0.39, 0.29) is 0 Å². The van der Waals surface area contributed by atoms with Crippen LogP contribution >= 0.6 is 0 Å². The average molecular weight is 839 g/mol. The van der Waals surface area contributed by atoms with Gasteiger partial charge in [-0.05, 0) is 126 Å². The summed E-state index contributed by atoms with van der Waals surface area (Å²) < 4.78 is 2.42. The molecule has 0 saturated heterocycles. The normalized spacial score (nSPS) is 11.6. The molecular formula is C64H42N2. The number of anilines is 3. The van der Waals surface area contributed by atoms with Crippen LogP contribution in [0, 0.1) is 0 Å². The fourth-order valence-electron chi connectivity index (χ4n) is 10.6. The van der Waals surface area contributed by atoms with E-state index in [4.69, 9.17) is 0 Å².